The van der Waals surface area contributed by atoms with Crippen LogP contribution < -0.4 is 10.5 Å². The number of ether oxygens (including phenoxy) is 1. The summed E-state index contributed by atoms with van der Waals surface area (Å²) in [7, 11) is 0. The van der Waals surface area contributed by atoms with Crippen LogP contribution in [0.3, 0.4) is 0 Å². The molecule has 0 atom stereocenters. The summed E-state index contributed by atoms with van der Waals surface area (Å²) in [5.41, 5.74) is 8.45. The van der Waals surface area contributed by atoms with Gasteiger partial charge >= 0.3 is 0 Å². The van der Waals surface area contributed by atoms with E-state index in [2.05, 4.69) is 4.98 Å². The van der Waals surface area contributed by atoms with Crippen molar-refractivity contribution in [2.75, 3.05) is 5.73 Å². The van der Waals surface area contributed by atoms with Crippen LogP contribution in [0.25, 0.3) is 0 Å². The fourth-order valence-corrected chi connectivity index (χ4v) is 1.63. The Balaban J connectivity index is 2.35. The average molecular weight is 249 g/mol. The largest absolute Gasteiger partial charge is 0.437 e. The van der Waals surface area contributed by atoms with Gasteiger partial charge in [0.1, 0.15) is 5.75 Å². The average Bonchev–Trinajstić information content (AvgIpc) is 2.28. The molecule has 2 N–H and O–H groups in total. The Labute approximate surface area is 105 Å². The van der Waals surface area contributed by atoms with Gasteiger partial charge in [0.05, 0.1) is 10.7 Å². The van der Waals surface area contributed by atoms with Crippen molar-refractivity contribution in [2.24, 2.45) is 0 Å². The molecule has 88 valence electrons. The molecule has 0 fully saturated rings. The van der Waals surface area contributed by atoms with Crippen LogP contribution in [0.4, 0.5) is 5.69 Å². The van der Waals surface area contributed by atoms with Crippen molar-refractivity contribution in [3.05, 3.63) is 46.6 Å². The van der Waals surface area contributed by atoms with Crippen molar-refractivity contribution in [1.29, 1.82) is 0 Å². The van der Waals surface area contributed by atoms with Crippen LogP contribution in [0.15, 0.2) is 30.5 Å². The second kappa shape index (κ2) is 4.63. The lowest BCUT2D eigenvalue weighted by molar-refractivity contribution is 0.461. The number of rotatable bonds is 2. The first-order valence-corrected chi connectivity index (χ1v) is 5.61. The van der Waals surface area contributed by atoms with E-state index in [-0.39, 0.29) is 0 Å². The van der Waals surface area contributed by atoms with Crippen LogP contribution in [-0.4, -0.2) is 4.98 Å². The lowest BCUT2D eigenvalue weighted by Gasteiger charge is -2.11. The van der Waals surface area contributed by atoms with Gasteiger partial charge in [0, 0.05) is 6.20 Å². The highest BCUT2D eigenvalue weighted by molar-refractivity contribution is 6.30. The molecule has 0 amide bonds. The molecule has 0 aliphatic carbocycles. The second-order valence-corrected chi connectivity index (χ2v) is 4.28. The molecule has 0 bridgehead atoms. The molecule has 17 heavy (non-hydrogen) atoms. The summed E-state index contributed by atoms with van der Waals surface area (Å²) in [5.74, 6) is 1.13. The van der Waals surface area contributed by atoms with Gasteiger partial charge in [-0.2, -0.15) is 0 Å². The fourth-order valence-electron chi connectivity index (χ4n) is 1.47. The number of hydrogen-bond donors (Lipinski definition) is 1. The van der Waals surface area contributed by atoms with E-state index in [1.807, 2.05) is 32.0 Å². The maximum absolute atomic E-state index is 5.79. The van der Waals surface area contributed by atoms with E-state index in [0.717, 1.165) is 16.9 Å². The molecule has 3 nitrogen and oxygen atoms in total. The summed E-state index contributed by atoms with van der Waals surface area (Å²) in [5, 5.41) is 0.496. The van der Waals surface area contributed by atoms with Crippen LogP contribution in [-0.2, 0) is 0 Å². The number of aromatic nitrogens is 1. The molecular weight excluding hydrogens is 236 g/mol. The monoisotopic (exact) mass is 248 g/mol. The molecule has 2 rings (SSSR count). The number of benzene rings is 1. The van der Waals surface area contributed by atoms with Gasteiger partial charge in [0.15, 0.2) is 0 Å². The number of nitrogens with two attached hydrogens (primary N) is 1. The zero-order valence-corrected chi connectivity index (χ0v) is 10.5. The molecule has 1 heterocycles. The quantitative estimate of drug-likeness (QED) is 0.881. The number of aryl methyl sites for hydroxylation is 1. The van der Waals surface area contributed by atoms with Gasteiger partial charge in [-0.15, -0.1) is 0 Å². The SMILES string of the molecule is Cc1cccc(Oc2ncc(Cl)cc2N)c1C. The summed E-state index contributed by atoms with van der Waals surface area (Å²) >= 11 is 5.78. The Morgan fingerprint density at radius 3 is 2.76 bits per heavy atom. The maximum Gasteiger partial charge on any atom is 0.242 e. The minimum atomic E-state index is 0.378. The second-order valence-electron chi connectivity index (χ2n) is 3.85. The van der Waals surface area contributed by atoms with Gasteiger partial charge in [-0.1, -0.05) is 23.7 Å². The van der Waals surface area contributed by atoms with Crippen molar-refractivity contribution >= 4 is 17.3 Å². The minimum absolute atomic E-state index is 0.378. The number of anilines is 1. The van der Waals surface area contributed by atoms with E-state index in [4.69, 9.17) is 22.1 Å². The summed E-state index contributed by atoms with van der Waals surface area (Å²) < 4.78 is 5.68. The Bertz CT molecular complexity index is 555. The van der Waals surface area contributed by atoms with Crippen LogP contribution in [0.1, 0.15) is 11.1 Å². The first kappa shape index (κ1) is 11.7. The van der Waals surface area contributed by atoms with Crippen molar-refractivity contribution in [1.82, 2.24) is 4.98 Å². The molecule has 1 aromatic carbocycles. The summed E-state index contributed by atoms with van der Waals surface area (Å²) in [6.45, 7) is 4.03. The first-order valence-electron chi connectivity index (χ1n) is 5.23. The van der Waals surface area contributed by atoms with Gasteiger partial charge < -0.3 is 10.5 Å². The minimum Gasteiger partial charge on any atom is -0.437 e. The molecular formula is C13H13ClN2O. The highest BCUT2D eigenvalue weighted by Gasteiger charge is 2.07. The van der Waals surface area contributed by atoms with E-state index in [1.54, 1.807) is 6.07 Å². The maximum atomic E-state index is 5.79. The lowest BCUT2D eigenvalue weighted by atomic mass is 10.1. The predicted octanol–water partition coefficient (Wildman–Crippen LogP) is 3.73. The van der Waals surface area contributed by atoms with E-state index >= 15 is 0 Å². The van der Waals surface area contributed by atoms with E-state index in [1.165, 1.54) is 6.20 Å². The highest BCUT2D eigenvalue weighted by Crippen LogP contribution is 2.30. The molecule has 0 aliphatic rings. The Hall–Kier alpha value is -1.74. The Kier molecular flexibility index (Phi) is 3.20. The van der Waals surface area contributed by atoms with Gasteiger partial charge in [0.25, 0.3) is 0 Å². The molecule has 2 aromatic rings. The molecule has 0 aliphatic heterocycles. The smallest absolute Gasteiger partial charge is 0.242 e. The highest BCUT2D eigenvalue weighted by atomic mass is 35.5. The zero-order valence-electron chi connectivity index (χ0n) is 9.70. The number of nitrogen functional groups attached to an aromatic ring is 1. The topological polar surface area (TPSA) is 48.1 Å². The van der Waals surface area contributed by atoms with Crippen LogP contribution in [0.5, 0.6) is 11.6 Å². The summed E-state index contributed by atoms with van der Waals surface area (Å²) in [6.07, 6.45) is 1.51. The zero-order chi connectivity index (χ0) is 12.4. The lowest BCUT2D eigenvalue weighted by Crippen LogP contribution is -1.96. The number of nitrogens with zero attached hydrogens (tertiary/aromatic N) is 1. The number of halogens is 1. The third kappa shape index (κ3) is 2.50. The van der Waals surface area contributed by atoms with Gasteiger partial charge in [-0.25, -0.2) is 4.98 Å². The predicted molar refractivity (Wildman–Crippen MR) is 69.6 cm³/mol. The molecule has 4 heteroatoms. The molecule has 0 saturated heterocycles. The van der Waals surface area contributed by atoms with Crippen molar-refractivity contribution in [2.45, 2.75) is 13.8 Å². The molecule has 0 unspecified atom stereocenters. The fraction of sp³-hybridized carbons (Fsp3) is 0.154. The van der Waals surface area contributed by atoms with Crippen molar-refractivity contribution in [3.63, 3.8) is 0 Å². The van der Waals surface area contributed by atoms with Gasteiger partial charge in [0.2, 0.25) is 5.88 Å². The standard InChI is InChI=1S/C13H13ClN2O/c1-8-4-3-5-12(9(8)2)17-13-11(15)6-10(14)7-16-13/h3-7H,15H2,1-2H3. The Morgan fingerprint density at radius 2 is 2.06 bits per heavy atom. The molecule has 0 spiro atoms. The normalized spacial score (nSPS) is 10.3. The number of pyridine rings is 1. The van der Waals surface area contributed by atoms with Crippen LogP contribution in [0.2, 0.25) is 5.02 Å². The molecule has 0 radical (unpaired) electrons. The van der Waals surface area contributed by atoms with Gasteiger partial charge in [-0.3, -0.25) is 0 Å². The van der Waals surface area contributed by atoms with Crippen LogP contribution >= 0.6 is 11.6 Å². The van der Waals surface area contributed by atoms with Crippen molar-refractivity contribution < 1.29 is 4.74 Å². The van der Waals surface area contributed by atoms with Crippen molar-refractivity contribution in [3.8, 4) is 11.6 Å². The molecule has 1 aromatic heterocycles. The van der Waals surface area contributed by atoms with E-state index in [9.17, 15) is 0 Å². The third-order valence-electron chi connectivity index (χ3n) is 2.61. The third-order valence-corrected chi connectivity index (χ3v) is 2.81. The molecule has 0 saturated carbocycles. The Morgan fingerprint density at radius 1 is 1.29 bits per heavy atom. The number of hydrogen-bond acceptors (Lipinski definition) is 3. The summed E-state index contributed by atoms with van der Waals surface area (Å²) in [4.78, 5) is 4.06. The van der Waals surface area contributed by atoms with E-state index < -0.39 is 0 Å². The summed E-state index contributed by atoms with van der Waals surface area (Å²) in [6, 6.07) is 7.47. The van der Waals surface area contributed by atoms with E-state index in [0.29, 0.717) is 16.6 Å². The van der Waals surface area contributed by atoms with Crippen LogP contribution in [0, 0.1) is 13.8 Å². The first-order chi connectivity index (χ1) is 8.08. The van der Waals surface area contributed by atoms with Gasteiger partial charge in [-0.05, 0) is 37.1 Å².